The van der Waals surface area contributed by atoms with Crippen molar-refractivity contribution in [1.82, 2.24) is 24.0 Å². The molecule has 4 N–H and O–H groups in total. The quantitative estimate of drug-likeness (QED) is 0.104. The summed E-state index contributed by atoms with van der Waals surface area (Å²) in [5.74, 6) is -3.02. The van der Waals surface area contributed by atoms with Crippen molar-refractivity contribution in [2.45, 2.75) is 24.4 Å². The van der Waals surface area contributed by atoms with E-state index in [4.69, 9.17) is 5.73 Å². The molecule has 38 heavy (non-hydrogen) atoms. The van der Waals surface area contributed by atoms with Crippen molar-refractivity contribution in [1.29, 1.82) is 0 Å². The van der Waals surface area contributed by atoms with Crippen LogP contribution in [-0.4, -0.2) is 77.9 Å². The van der Waals surface area contributed by atoms with Crippen LogP contribution < -0.4 is 20.7 Å². The highest BCUT2D eigenvalue weighted by atomic mass is 32.2. The molecule has 2 aliphatic heterocycles. The highest BCUT2D eigenvalue weighted by Crippen LogP contribution is 2.40. The summed E-state index contributed by atoms with van der Waals surface area (Å²) in [6, 6.07) is -1.08. The summed E-state index contributed by atoms with van der Waals surface area (Å²) in [5, 5.41) is 28.5. The molecule has 14 nitrogen and oxygen atoms in total. The van der Waals surface area contributed by atoms with Gasteiger partial charge in [-0.3, -0.25) is 14.5 Å². The van der Waals surface area contributed by atoms with Gasteiger partial charge in [0.2, 0.25) is 22.7 Å². The number of carboxylic acid groups (broad SMARTS) is 1. The minimum atomic E-state index is -1.51. The number of aromatic nitrogens is 4. The number of anilines is 1. The van der Waals surface area contributed by atoms with Crippen molar-refractivity contribution >= 4 is 68.1 Å². The first-order valence-corrected chi connectivity index (χ1v) is 13.6. The second-order valence-corrected chi connectivity index (χ2v) is 10.8. The number of thiazole rings is 1. The molecule has 5 rings (SSSR count). The van der Waals surface area contributed by atoms with E-state index < -0.39 is 41.8 Å². The second kappa shape index (κ2) is 10.6. The van der Waals surface area contributed by atoms with Crippen molar-refractivity contribution in [3.8, 4) is 0 Å². The van der Waals surface area contributed by atoms with Crippen molar-refractivity contribution in [3.63, 3.8) is 0 Å². The molecule has 1 saturated heterocycles. The summed E-state index contributed by atoms with van der Waals surface area (Å²) in [4.78, 5) is 48.1. The number of amides is 2. The van der Waals surface area contributed by atoms with Crippen molar-refractivity contribution < 1.29 is 38.4 Å². The number of oxime groups is 1. The van der Waals surface area contributed by atoms with Crippen molar-refractivity contribution in [3.05, 3.63) is 40.7 Å². The Morgan fingerprint density at radius 1 is 1.45 bits per heavy atom. The number of rotatable bonds is 10. The van der Waals surface area contributed by atoms with E-state index in [-0.39, 0.29) is 35.6 Å². The fourth-order valence-corrected chi connectivity index (χ4v) is 6.87. The lowest BCUT2D eigenvalue weighted by atomic mass is 10.0. The van der Waals surface area contributed by atoms with Gasteiger partial charge >= 0.3 is 0 Å². The normalized spacial score (nSPS) is 19.5. The number of β-lactam (4-membered cyclic amide) rings is 1. The van der Waals surface area contributed by atoms with Crippen LogP contribution in [0.1, 0.15) is 11.5 Å². The van der Waals surface area contributed by atoms with E-state index in [9.17, 15) is 29.0 Å². The van der Waals surface area contributed by atoms with Crippen LogP contribution >= 0.6 is 34.6 Å². The Morgan fingerprint density at radius 2 is 2.26 bits per heavy atom. The van der Waals surface area contributed by atoms with Crippen LogP contribution in [0, 0.1) is 0 Å². The van der Waals surface area contributed by atoms with Gasteiger partial charge in [-0.15, -0.1) is 11.8 Å². The zero-order chi connectivity index (χ0) is 27.0. The minimum Gasteiger partial charge on any atom is -0.543 e. The first-order valence-electron chi connectivity index (χ1n) is 10.9. The smallest absolute Gasteiger partial charge is 0.278 e. The van der Waals surface area contributed by atoms with Gasteiger partial charge < -0.3 is 30.9 Å². The number of carboxylic acids is 1. The number of aliphatic hydroxyl groups excluding tert-OH is 1. The van der Waals surface area contributed by atoms with Gasteiger partial charge in [0.25, 0.3) is 18.7 Å². The molecule has 5 heterocycles. The number of nitrogens with zero attached hydrogens (tertiary/aromatic N) is 6. The zero-order valence-electron chi connectivity index (χ0n) is 19.3. The molecule has 2 atom stereocenters. The van der Waals surface area contributed by atoms with Gasteiger partial charge in [-0.2, -0.15) is 13.8 Å². The highest BCUT2D eigenvalue weighted by molar-refractivity contribution is 8.00. The summed E-state index contributed by atoms with van der Waals surface area (Å²) >= 11 is 3.55. The maximum Gasteiger partial charge on any atom is 0.278 e. The van der Waals surface area contributed by atoms with Gasteiger partial charge in [-0.1, -0.05) is 16.5 Å². The predicted molar refractivity (Wildman–Crippen MR) is 131 cm³/mol. The number of fused-ring (bicyclic) bond motifs is 2. The van der Waals surface area contributed by atoms with Crippen LogP contribution in [0.3, 0.4) is 0 Å². The van der Waals surface area contributed by atoms with Crippen molar-refractivity contribution in [2.75, 3.05) is 25.0 Å². The number of hydrogen-bond donors (Lipinski definition) is 3. The zero-order valence-corrected chi connectivity index (χ0v) is 21.7. The number of nitrogen functional groups attached to an aromatic ring is 1. The van der Waals surface area contributed by atoms with Crippen LogP contribution in [0.5, 0.6) is 0 Å². The summed E-state index contributed by atoms with van der Waals surface area (Å²) in [6.45, 7) is -1.11. The number of aliphatic carboxylic acids is 1. The molecular formula is C20H19FN8O6S3. The number of aliphatic hydroxyl groups is 1. The third kappa shape index (κ3) is 4.70. The molecule has 2 aliphatic rings. The van der Waals surface area contributed by atoms with E-state index in [2.05, 4.69) is 24.7 Å². The standard InChI is InChI=1S/C20H19FN8O6S3/c21-7-35-25-12(15-24-20(22)38-26-15)16(31)23-13-17(32)29-14(19(33)34)9(5-37-18(13)29)3-27-4-11-28(8-27)10(1-2-30)6-36-11/h4,6,8,13,18,30H,1-3,5,7H2,(H3-,22,23,24,26,31,33,34)/b25-12-/t13-,18-/m1/s1. The molecule has 0 aromatic carbocycles. The molecule has 3 aromatic heterocycles. The van der Waals surface area contributed by atoms with Gasteiger partial charge in [-0.25, -0.2) is 8.96 Å². The lowest BCUT2D eigenvalue weighted by molar-refractivity contribution is -0.687. The Balaban J connectivity index is 1.34. The average Bonchev–Trinajstić information content (AvgIpc) is 3.59. The highest BCUT2D eigenvalue weighted by Gasteiger charge is 2.53. The molecule has 0 radical (unpaired) electrons. The lowest BCUT2D eigenvalue weighted by Gasteiger charge is -2.50. The molecule has 0 aliphatic carbocycles. The number of alkyl halides is 1. The third-order valence-electron chi connectivity index (χ3n) is 5.74. The minimum absolute atomic E-state index is 0.00136. The Kier molecular flexibility index (Phi) is 7.28. The largest absolute Gasteiger partial charge is 0.543 e. The van der Waals surface area contributed by atoms with Gasteiger partial charge in [0.05, 0.1) is 18.3 Å². The van der Waals surface area contributed by atoms with Gasteiger partial charge in [-0.05, 0) is 0 Å². The van der Waals surface area contributed by atoms with Gasteiger partial charge in [0.1, 0.15) is 29.9 Å². The molecule has 0 unspecified atom stereocenters. The summed E-state index contributed by atoms with van der Waals surface area (Å²) in [5.41, 5.74) is 6.21. The monoisotopic (exact) mass is 582 g/mol. The molecule has 1 fully saturated rings. The molecule has 18 heteroatoms. The van der Waals surface area contributed by atoms with E-state index in [1.165, 1.54) is 23.1 Å². The molecule has 200 valence electrons. The lowest BCUT2D eigenvalue weighted by Crippen LogP contribution is -2.71. The van der Waals surface area contributed by atoms with E-state index in [1.54, 1.807) is 10.9 Å². The molecule has 0 saturated carbocycles. The Labute approximate surface area is 225 Å². The van der Waals surface area contributed by atoms with Gasteiger partial charge in [0, 0.05) is 34.7 Å². The summed E-state index contributed by atoms with van der Waals surface area (Å²) in [7, 11) is 0. The molecular weight excluding hydrogens is 563 g/mol. The SMILES string of the molecule is Nc1nc(/C(=N/OCF)C(=O)N[C@@H]2C(=O)N3C(C(=O)[O-])=C(C[n+]4cc5scc(CCO)n5c4)CS[C@H]23)ns1. The second-order valence-electron chi connectivity index (χ2n) is 8.06. The number of carbonyl (C=O) groups excluding carboxylic acids is 3. The first-order chi connectivity index (χ1) is 18.3. The fourth-order valence-electron chi connectivity index (χ4n) is 4.14. The Bertz CT molecular complexity index is 1480. The number of carbonyl (C=O) groups is 3. The number of nitrogens with two attached hydrogens (primary N) is 1. The van der Waals surface area contributed by atoms with Crippen LogP contribution in [0.2, 0.25) is 0 Å². The number of imidazole rings is 1. The number of nitrogens with one attached hydrogen (secondary N) is 1. The third-order valence-corrected chi connectivity index (χ3v) is 8.56. The Morgan fingerprint density at radius 3 is 2.95 bits per heavy atom. The van der Waals surface area contributed by atoms with E-state index in [0.717, 1.165) is 27.0 Å². The van der Waals surface area contributed by atoms with Crippen LogP contribution in [0.15, 0.2) is 34.3 Å². The molecule has 0 spiro atoms. The molecule has 2 amide bonds. The first kappa shape index (κ1) is 26.0. The maximum atomic E-state index is 13.0. The van der Waals surface area contributed by atoms with Crippen LogP contribution in [-0.2, 0) is 32.2 Å². The van der Waals surface area contributed by atoms with Crippen LogP contribution in [0.4, 0.5) is 9.52 Å². The van der Waals surface area contributed by atoms with Gasteiger partial charge in [0.15, 0.2) is 5.13 Å². The Hall–Kier alpha value is -3.61. The van der Waals surface area contributed by atoms with Crippen LogP contribution in [0.25, 0.3) is 4.83 Å². The predicted octanol–water partition coefficient (Wildman–Crippen LogP) is -1.99. The summed E-state index contributed by atoms with van der Waals surface area (Å²) < 4.78 is 20.1. The van der Waals surface area contributed by atoms with Crippen molar-refractivity contribution in [2.24, 2.45) is 5.16 Å². The number of halogens is 1. The molecule has 3 aromatic rings. The summed E-state index contributed by atoms with van der Waals surface area (Å²) in [6.07, 6.45) is 4.13. The fraction of sp³-hybridized carbons (Fsp3) is 0.350. The number of thioether (sulfide) groups is 1. The van der Waals surface area contributed by atoms with E-state index >= 15 is 0 Å². The topological polar surface area (TPSA) is 191 Å². The van der Waals surface area contributed by atoms with E-state index in [0.29, 0.717) is 12.0 Å². The molecule has 0 bridgehead atoms. The maximum absolute atomic E-state index is 13.0. The average molecular weight is 583 g/mol. The van der Waals surface area contributed by atoms with E-state index in [1.807, 2.05) is 16.0 Å². The number of hydrogen-bond acceptors (Lipinski definition) is 13.